The maximum absolute atomic E-state index is 10.6. The second kappa shape index (κ2) is 4.57. The zero-order chi connectivity index (χ0) is 6.69. The second-order valence-corrected chi connectivity index (χ2v) is 1.92. The number of hydrogen-bond acceptors (Lipinski definition) is 1. The summed E-state index contributed by atoms with van der Waals surface area (Å²) in [6.07, 6.45) is 0. The molecule has 1 aromatic rings. The standard InChI is InChI=1S/C8H8O.Bi/c1-7(9)8-5-3-2-4-6-8;/h2-6H,1H3;. The Bertz CT molecular complexity index is 206. The first-order valence-electron chi connectivity index (χ1n) is 2.86. The van der Waals surface area contributed by atoms with Crippen LogP contribution in [0.3, 0.4) is 0 Å². The molecule has 1 rings (SSSR count). The molecule has 2 heteroatoms. The Hall–Kier alpha value is -0.227. The van der Waals surface area contributed by atoms with E-state index in [1.54, 1.807) is 6.92 Å². The fourth-order valence-electron chi connectivity index (χ4n) is 0.673. The van der Waals surface area contributed by atoms with Crippen LogP contribution in [0.4, 0.5) is 0 Å². The Labute approximate surface area is 79.6 Å². The Morgan fingerprint density at radius 2 is 1.70 bits per heavy atom. The molecule has 0 saturated carbocycles. The number of benzene rings is 1. The van der Waals surface area contributed by atoms with Crippen molar-refractivity contribution in [3.8, 4) is 0 Å². The zero-order valence-corrected chi connectivity index (χ0v) is 9.22. The van der Waals surface area contributed by atoms with Crippen LogP contribution in [0.5, 0.6) is 0 Å². The molecule has 1 nitrogen and oxygen atoms in total. The van der Waals surface area contributed by atoms with E-state index in [4.69, 9.17) is 0 Å². The third-order valence-electron chi connectivity index (χ3n) is 1.18. The molecular formula is C8H8BiO. The van der Waals surface area contributed by atoms with Gasteiger partial charge in [0, 0.05) is 31.8 Å². The monoisotopic (exact) mass is 329 g/mol. The molecule has 0 N–H and O–H groups in total. The minimum absolute atomic E-state index is 0. The van der Waals surface area contributed by atoms with Crippen molar-refractivity contribution in [2.24, 2.45) is 0 Å². The van der Waals surface area contributed by atoms with E-state index in [9.17, 15) is 4.79 Å². The van der Waals surface area contributed by atoms with Gasteiger partial charge in [-0.05, 0) is 6.92 Å². The zero-order valence-electron chi connectivity index (χ0n) is 5.74. The summed E-state index contributed by atoms with van der Waals surface area (Å²) < 4.78 is 0. The van der Waals surface area contributed by atoms with E-state index in [0.717, 1.165) is 5.56 Å². The molecule has 0 saturated heterocycles. The summed E-state index contributed by atoms with van der Waals surface area (Å²) in [7, 11) is 0. The van der Waals surface area contributed by atoms with Gasteiger partial charge in [0.2, 0.25) is 0 Å². The molecule has 0 aliphatic rings. The van der Waals surface area contributed by atoms with Crippen LogP contribution in [0.25, 0.3) is 0 Å². The smallest absolute Gasteiger partial charge is 0.159 e. The SMILES string of the molecule is CC(=O)c1ccccc1.[Bi]. The molecule has 51 valence electrons. The normalized spacial score (nSPS) is 8.10. The molecule has 0 bridgehead atoms. The fourth-order valence-corrected chi connectivity index (χ4v) is 0.673. The molecule has 0 aliphatic carbocycles. The second-order valence-electron chi connectivity index (χ2n) is 1.92. The first kappa shape index (κ1) is 9.77. The van der Waals surface area contributed by atoms with Crippen LogP contribution in [0.15, 0.2) is 30.3 Å². The number of ketones is 1. The van der Waals surface area contributed by atoms with Crippen LogP contribution in [0, 0.1) is 0 Å². The summed E-state index contributed by atoms with van der Waals surface area (Å²) >= 11 is 0. The average molecular weight is 329 g/mol. The van der Waals surface area contributed by atoms with Crippen LogP contribution in [0.1, 0.15) is 17.3 Å². The summed E-state index contributed by atoms with van der Waals surface area (Å²) in [5.74, 6) is 0.121. The van der Waals surface area contributed by atoms with E-state index < -0.39 is 0 Å². The maximum atomic E-state index is 10.6. The molecule has 0 heterocycles. The molecule has 0 unspecified atom stereocenters. The Balaban J connectivity index is 0.000000810. The number of carbonyl (C=O) groups is 1. The van der Waals surface area contributed by atoms with Gasteiger partial charge in [0.15, 0.2) is 5.78 Å². The van der Waals surface area contributed by atoms with E-state index in [0.29, 0.717) is 0 Å². The van der Waals surface area contributed by atoms with Gasteiger partial charge in [-0.2, -0.15) is 0 Å². The van der Waals surface area contributed by atoms with Crippen LogP contribution in [-0.2, 0) is 0 Å². The number of rotatable bonds is 1. The van der Waals surface area contributed by atoms with Crippen LogP contribution >= 0.6 is 0 Å². The van der Waals surface area contributed by atoms with Gasteiger partial charge < -0.3 is 0 Å². The van der Waals surface area contributed by atoms with Gasteiger partial charge >= 0.3 is 0 Å². The van der Waals surface area contributed by atoms with Crippen molar-refractivity contribution in [1.82, 2.24) is 0 Å². The predicted octanol–water partition coefficient (Wildman–Crippen LogP) is 1.51. The van der Waals surface area contributed by atoms with Crippen LogP contribution in [-0.4, -0.2) is 32.0 Å². The minimum atomic E-state index is 0. The first-order valence-corrected chi connectivity index (χ1v) is 2.86. The first-order chi connectivity index (χ1) is 4.30. The summed E-state index contributed by atoms with van der Waals surface area (Å²) in [5, 5.41) is 0. The van der Waals surface area contributed by atoms with Gasteiger partial charge in [-0.15, -0.1) is 0 Å². The molecule has 0 aliphatic heterocycles. The molecule has 0 amide bonds. The van der Waals surface area contributed by atoms with Gasteiger partial charge in [0.05, 0.1) is 0 Å². The number of hydrogen-bond donors (Lipinski definition) is 0. The number of carbonyl (C=O) groups excluding carboxylic acids is 1. The van der Waals surface area contributed by atoms with Crippen molar-refractivity contribution in [3.63, 3.8) is 0 Å². The van der Waals surface area contributed by atoms with E-state index >= 15 is 0 Å². The largest absolute Gasteiger partial charge is 0.295 e. The Kier molecular flexibility index (Phi) is 4.46. The van der Waals surface area contributed by atoms with E-state index in [1.165, 1.54) is 0 Å². The predicted molar refractivity (Wildman–Crippen MR) is 42.2 cm³/mol. The van der Waals surface area contributed by atoms with E-state index in [-0.39, 0.29) is 32.0 Å². The van der Waals surface area contributed by atoms with Gasteiger partial charge in [-0.1, -0.05) is 30.3 Å². The van der Waals surface area contributed by atoms with Crippen molar-refractivity contribution in [1.29, 1.82) is 0 Å². The van der Waals surface area contributed by atoms with Gasteiger partial charge in [0.25, 0.3) is 0 Å². The summed E-state index contributed by atoms with van der Waals surface area (Å²) in [4.78, 5) is 10.6. The van der Waals surface area contributed by atoms with E-state index in [2.05, 4.69) is 0 Å². The molecule has 10 heavy (non-hydrogen) atoms. The summed E-state index contributed by atoms with van der Waals surface area (Å²) in [6.45, 7) is 1.56. The van der Waals surface area contributed by atoms with Crippen molar-refractivity contribution >= 4 is 32.0 Å². The Morgan fingerprint density at radius 3 is 2.00 bits per heavy atom. The third kappa shape index (κ3) is 2.57. The molecule has 0 atom stereocenters. The fraction of sp³-hybridized carbons (Fsp3) is 0.125. The Morgan fingerprint density at radius 1 is 1.20 bits per heavy atom. The van der Waals surface area contributed by atoms with E-state index in [1.807, 2.05) is 30.3 Å². The topological polar surface area (TPSA) is 17.1 Å². The van der Waals surface area contributed by atoms with Gasteiger partial charge in [-0.25, -0.2) is 0 Å². The van der Waals surface area contributed by atoms with Gasteiger partial charge in [-0.3, -0.25) is 4.79 Å². The molecule has 0 fully saturated rings. The molecule has 0 aromatic heterocycles. The molecular weight excluding hydrogens is 321 g/mol. The molecule has 3 radical (unpaired) electrons. The molecule has 1 aromatic carbocycles. The van der Waals surface area contributed by atoms with Crippen LogP contribution < -0.4 is 0 Å². The van der Waals surface area contributed by atoms with Crippen molar-refractivity contribution in [2.45, 2.75) is 6.92 Å². The summed E-state index contributed by atoms with van der Waals surface area (Å²) in [5.41, 5.74) is 0.775. The minimum Gasteiger partial charge on any atom is -0.295 e. The maximum Gasteiger partial charge on any atom is 0.159 e. The summed E-state index contributed by atoms with van der Waals surface area (Å²) in [6, 6.07) is 9.23. The molecule has 0 spiro atoms. The number of Topliss-reactive ketones (excluding diaryl/α,β-unsaturated/α-hetero) is 1. The average Bonchev–Trinajstić information content (AvgIpc) is 1.90. The quantitative estimate of drug-likeness (QED) is 0.564. The van der Waals surface area contributed by atoms with Crippen molar-refractivity contribution < 1.29 is 4.79 Å². The van der Waals surface area contributed by atoms with Crippen molar-refractivity contribution in [2.75, 3.05) is 0 Å². The third-order valence-corrected chi connectivity index (χ3v) is 1.18. The van der Waals surface area contributed by atoms with Crippen LogP contribution in [0.2, 0.25) is 0 Å². The van der Waals surface area contributed by atoms with Crippen molar-refractivity contribution in [3.05, 3.63) is 35.9 Å². The van der Waals surface area contributed by atoms with Gasteiger partial charge in [0.1, 0.15) is 0 Å².